The van der Waals surface area contributed by atoms with Crippen LogP contribution >= 0.6 is 0 Å². The normalized spacial score (nSPS) is 20.9. The van der Waals surface area contributed by atoms with E-state index in [0.29, 0.717) is 30.2 Å². The molecule has 0 spiro atoms. The maximum absolute atomic E-state index is 13.6. The van der Waals surface area contributed by atoms with Gasteiger partial charge in [0.05, 0.1) is 19.3 Å². The van der Waals surface area contributed by atoms with Crippen LogP contribution in [-0.2, 0) is 15.8 Å². The Morgan fingerprint density at radius 1 is 1.03 bits per heavy atom. The highest BCUT2D eigenvalue weighted by molar-refractivity contribution is 6.02. The molecule has 1 N–H and O–H groups in total. The minimum atomic E-state index is -4.58. The zero-order valence-corrected chi connectivity index (χ0v) is 18.3. The molecule has 4 rings (SSSR count). The lowest BCUT2D eigenvalue weighted by atomic mass is 9.72. The zero-order valence-electron chi connectivity index (χ0n) is 18.3. The van der Waals surface area contributed by atoms with Crippen molar-refractivity contribution in [3.8, 4) is 11.5 Å². The average Bonchev–Trinajstić information content (AvgIpc) is 2.78. The van der Waals surface area contributed by atoms with Crippen LogP contribution in [0.2, 0.25) is 0 Å². The number of alkyl halides is 3. The average molecular weight is 459 g/mol. The Hall–Kier alpha value is -3.29. The Balaban J connectivity index is 1.72. The van der Waals surface area contributed by atoms with E-state index in [1.165, 1.54) is 25.3 Å². The highest BCUT2D eigenvalue weighted by atomic mass is 19.4. The Labute approximate surface area is 189 Å². The van der Waals surface area contributed by atoms with Gasteiger partial charge in [-0.2, -0.15) is 13.2 Å². The fourth-order valence-corrected chi connectivity index (χ4v) is 4.73. The van der Waals surface area contributed by atoms with Gasteiger partial charge < -0.3 is 14.8 Å². The minimum absolute atomic E-state index is 0.0399. The number of benzene rings is 2. The number of nitrogens with one attached hydrogen (secondary N) is 1. The molecule has 174 valence electrons. The molecule has 2 aliphatic rings. The summed E-state index contributed by atoms with van der Waals surface area (Å²) in [6, 6.07) is 10.6. The van der Waals surface area contributed by atoms with Crippen molar-refractivity contribution in [3.63, 3.8) is 0 Å². The van der Waals surface area contributed by atoms with Crippen molar-refractivity contribution in [2.45, 2.75) is 44.2 Å². The summed E-state index contributed by atoms with van der Waals surface area (Å²) in [6.07, 6.45) is -4.30. The molecule has 1 amide bonds. The molecule has 1 aliphatic carbocycles. The van der Waals surface area contributed by atoms with Crippen molar-refractivity contribution < 1.29 is 32.2 Å². The number of halogens is 3. The molecule has 2 unspecified atom stereocenters. The summed E-state index contributed by atoms with van der Waals surface area (Å²) in [5, 5.41) is 2.75. The highest BCUT2D eigenvalue weighted by Gasteiger charge is 2.42. The summed E-state index contributed by atoms with van der Waals surface area (Å²) >= 11 is 0. The molecule has 5 nitrogen and oxygen atoms in total. The molecular weight excluding hydrogens is 435 g/mol. The topological polar surface area (TPSA) is 64.6 Å². The van der Waals surface area contributed by atoms with E-state index in [-0.39, 0.29) is 35.7 Å². The second-order valence-corrected chi connectivity index (χ2v) is 8.15. The smallest absolute Gasteiger partial charge is 0.416 e. The molecule has 2 aromatic carbocycles. The molecule has 2 atom stereocenters. The molecule has 8 heteroatoms. The number of rotatable bonds is 5. The van der Waals surface area contributed by atoms with Gasteiger partial charge in [0.15, 0.2) is 17.3 Å². The lowest BCUT2D eigenvalue weighted by Gasteiger charge is -2.35. The van der Waals surface area contributed by atoms with Crippen molar-refractivity contribution in [2.75, 3.05) is 13.7 Å². The number of amides is 1. The monoisotopic (exact) mass is 459 g/mol. The molecule has 33 heavy (non-hydrogen) atoms. The standard InChI is InChI=1S/C25H24F3NO4/c1-3-33-21-9-8-14(12-22(21)32-2)15-10-19-24(20(30)11-15)17(13-23(31)29-19)16-6-4-5-7-18(16)25(26,27)28/h4-9,12,15,17H,3,10-11,13H2,1-2H3,(H,29,31). The fourth-order valence-electron chi connectivity index (χ4n) is 4.73. The van der Waals surface area contributed by atoms with Gasteiger partial charge in [-0.25, -0.2) is 0 Å². The molecule has 2 aromatic rings. The second kappa shape index (κ2) is 8.92. The van der Waals surface area contributed by atoms with E-state index in [4.69, 9.17) is 9.47 Å². The predicted molar refractivity (Wildman–Crippen MR) is 115 cm³/mol. The number of carbonyl (C=O) groups excluding carboxylic acids is 2. The van der Waals surface area contributed by atoms with E-state index in [1.807, 2.05) is 13.0 Å². The van der Waals surface area contributed by atoms with E-state index in [1.54, 1.807) is 12.1 Å². The first-order valence-electron chi connectivity index (χ1n) is 10.8. The van der Waals surface area contributed by atoms with Crippen LogP contribution in [0.3, 0.4) is 0 Å². The molecule has 0 radical (unpaired) electrons. The summed E-state index contributed by atoms with van der Waals surface area (Å²) in [4.78, 5) is 25.7. The number of ketones is 1. The minimum Gasteiger partial charge on any atom is -0.493 e. The molecule has 0 aromatic heterocycles. The van der Waals surface area contributed by atoms with Crippen LogP contribution < -0.4 is 14.8 Å². The third-order valence-corrected chi connectivity index (χ3v) is 6.14. The first kappa shape index (κ1) is 22.9. The second-order valence-electron chi connectivity index (χ2n) is 8.15. The number of hydrogen-bond acceptors (Lipinski definition) is 4. The van der Waals surface area contributed by atoms with Gasteiger partial charge in [0, 0.05) is 30.0 Å². The van der Waals surface area contributed by atoms with Gasteiger partial charge >= 0.3 is 6.18 Å². The van der Waals surface area contributed by atoms with Crippen LogP contribution in [0.25, 0.3) is 0 Å². The van der Waals surface area contributed by atoms with E-state index in [0.717, 1.165) is 11.6 Å². The van der Waals surface area contributed by atoms with E-state index >= 15 is 0 Å². The maximum atomic E-state index is 13.6. The van der Waals surface area contributed by atoms with Crippen molar-refractivity contribution in [1.82, 2.24) is 5.32 Å². The maximum Gasteiger partial charge on any atom is 0.416 e. The van der Waals surface area contributed by atoms with Gasteiger partial charge in [-0.3, -0.25) is 9.59 Å². The van der Waals surface area contributed by atoms with E-state index < -0.39 is 23.6 Å². The van der Waals surface area contributed by atoms with Gasteiger partial charge in [0.25, 0.3) is 0 Å². The third kappa shape index (κ3) is 4.47. The van der Waals surface area contributed by atoms with Crippen molar-refractivity contribution in [3.05, 3.63) is 70.4 Å². The van der Waals surface area contributed by atoms with Crippen molar-refractivity contribution in [2.24, 2.45) is 0 Å². The predicted octanol–water partition coefficient (Wildman–Crippen LogP) is 5.12. The molecular formula is C25H24F3NO4. The summed E-state index contributed by atoms with van der Waals surface area (Å²) < 4.78 is 51.9. The highest BCUT2D eigenvalue weighted by Crippen LogP contribution is 2.46. The Kier molecular flexibility index (Phi) is 6.19. The van der Waals surface area contributed by atoms with E-state index in [2.05, 4.69) is 5.32 Å². The number of allylic oxidation sites excluding steroid dienone is 2. The number of hydrogen-bond donors (Lipinski definition) is 1. The van der Waals surface area contributed by atoms with Gasteiger partial charge in [-0.15, -0.1) is 0 Å². The van der Waals surface area contributed by atoms with Crippen LogP contribution in [0.15, 0.2) is 53.7 Å². The molecule has 1 aliphatic heterocycles. The largest absolute Gasteiger partial charge is 0.493 e. The van der Waals surface area contributed by atoms with Crippen molar-refractivity contribution in [1.29, 1.82) is 0 Å². The summed E-state index contributed by atoms with van der Waals surface area (Å²) in [6.45, 7) is 2.33. The molecule has 1 heterocycles. The molecule has 0 saturated heterocycles. The van der Waals surface area contributed by atoms with Crippen LogP contribution in [0.4, 0.5) is 13.2 Å². The quantitative estimate of drug-likeness (QED) is 0.674. The lowest BCUT2D eigenvalue weighted by Crippen LogP contribution is -2.38. The number of carbonyl (C=O) groups is 2. The first-order chi connectivity index (χ1) is 15.7. The number of methoxy groups -OCH3 is 1. The van der Waals surface area contributed by atoms with Crippen LogP contribution in [0.1, 0.15) is 54.7 Å². The lowest BCUT2D eigenvalue weighted by molar-refractivity contribution is -0.138. The number of Topliss-reactive ketones (excluding diaryl/α,β-unsaturated/α-hetero) is 1. The Morgan fingerprint density at radius 2 is 1.79 bits per heavy atom. The van der Waals surface area contributed by atoms with Gasteiger partial charge in [-0.1, -0.05) is 24.3 Å². The zero-order chi connectivity index (χ0) is 23.8. The van der Waals surface area contributed by atoms with E-state index in [9.17, 15) is 22.8 Å². The summed E-state index contributed by atoms with van der Waals surface area (Å²) in [5.41, 5.74) is 0.662. The van der Waals surface area contributed by atoms with Crippen LogP contribution in [-0.4, -0.2) is 25.4 Å². The molecule has 0 bridgehead atoms. The van der Waals surface area contributed by atoms with Crippen LogP contribution in [0.5, 0.6) is 11.5 Å². The summed E-state index contributed by atoms with van der Waals surface area (Å²) in [5.74, 6) is -0.691. The number of ether oxygens (including phenoxy) is 2. The Morgan fingerprint density at radius 3 is 2.48 bits per heavy atom. The van der Waals surface area contributed by atoms with Crippen LogP contribution in [0, 0.1) is 0 Å². The molecule has 0 fully saturated rings. The summed E-state index contributed by atoms with van der Waals surface area (Å²) in [7, 11) is 1.53. The van der Waals surface area contributed by atoms with Crippen molar-refractivity contribution >= 4 is 11.7 Å². The third-order valence-electron chi connectivity index (χ3n) is 6.14. The molecule has 0 saturated carbocycles. The fraction of sp³-hybridized carbons (Fsp3) is 0.360. The SMILES string of the molecule is CCOc1ccc(C2CC(=O)C3=C(C2)NC(=O)CC3c2ccccc2C(F)(F)F)cc1OC. The first-order valence-corrected chi connectivity index (χ1v) is 10.8. The van der Waals surface area contributed by atoms with Gasteiger partial charge in [0.1, 0.15) is 0 Å². The Bertz CT molecular complexity index is 1120. The van der Waals surface area contributed by atoms with Gasteiger partial charge in [-0.05, 0) is 48.6 Å². The van der Waals surface area contributed by atoms with Gasteiger partial charge in [0.2, 0.25) is 5.91 Å².